The van der Waals surface area contributed by atoms with E-state index >= 15 is 0 Å². The first-order chi connectivity index (χ1) is 15.5. The van der Waals surface area contributed by atoms with Crippen molar-refractivity contribution in [3.63, 3.8) is 0 Å². The second-order valence-corrected chi connectivity index (χ2v) is 14.2. The van der Waals surface area contributed by atoms with Crippen molar-refractivity contribution in [2.24, 2.45) is 0 Å². The molecule has 2 aromatic carbocycles. The summed E-state index contributed by atoms with van der Waals surface area (Å²) in [7, 11) is -7.00. The molecule has 0 saturated heterocycles. The zero-order valence-electron chi connectivity index (χ0n) is 20.2. The molecule has 0 aliphatic rings. The molecule has 3 rings (SSSR count). The molecule has 6 nitrogen and oxygen atoms in total. The van der Waals surface area contributed by atoms with Crippen LogP contribution in [-0.2, 0) is 10.0 Å². The zero-order chi connectivity index (χ0) is 24.3. The molecule has 1 N–H and O–H groups in total. The summed E-state index contributed by atoms with van der Waals surface area (Å²) < 4.78 is 42.8. The molecule has 0 fully saturated rings. The lowest BCUT2D eigenvalue weighted by Crippen LogP contribution is -2.43. The normalized spacial score (nSPS) is 14.0. The highest BCUT2D eigenvalue weighted by atomic mass is 32.2. The van der Waals surface area contributed by atoms with Gasteiger partial charge in [-0.1, -0.05) is 24.3 Å². The molecule has 0 aliphatic heterocycles. The summed E-state index contributed by atoms with van der Waals surface area (Å²) >= 11 is 0. The molecule has 1 aromatic heterocycles. The van der Waals surface area contributed by atoms with Crippen molar-refractivity contribution in [2.45, 2.75) is 51.6 Å². The summed E-state index contributed by atoms with van der Waals surface area (Å²) in [6.07, 6.45) is 0. The van der Waals surface area contributed by atoms with Gasteiger partial charge in [0, 0.05) is 30.9 Å². The minimum Gasteiger partial charge on any atom is -0.428 e. The van der Waals surface area contributed by atoms with E-state index in [1.54, 1.807) is 30.3 Å². The average Bonchev–Trinajstić information content (AvgIpc) is 3.21. The fourth-order valence-electron chi connectivity index (χ4n) is 3.61. The predicted octanol–water partition coefficient (Wildman–Crippen LogP) is 5.76. The monoisotopic (exact) mass is 489 g/mol. The summed E-state index contributed by atoms with van der Waals surface area (Å²) in [6.45, 7) is 13.7. The van der Waals surface area contributed by atoms with Gasteiger partial charge >= 0.3 is 13.1 Å². The van der Waals surface area contributed by atoms with Crippen LogP contribution in [0.15, 0.2) is 76.0 Å². The third-order valence-electron chi connectivity index (χ3n) is 5.47. The number of hydrogen-bond donors (Lipinski definition) is 1. The van der Waals surface area contributed by atoms with Crippen LogP contribution in [0.2, 0.25) is 0 Å². The standard InChI is InChI=1S/C25H34N2O4PS/c1-7-27(8-2)21-13-12-14-22(19-21)31-32(25(4,5)6,24-18-17-20(3)30-24)26-33(28,29)23-15-10-9-11-16-23/h9-19,26H,7-8H2,1-6H3/q+1. The number of rotatable bonds is 9. The highest BCUT2D eigenvalue weighted by Crippen LogP contribution is 2.65. The summed E-state index contributed by atoms with van der Waals surface area (Å²) in [5.74, 6) is 1.28. The van der Waals surface area contributed by atoms with E-state index < -0.39 is 22.8 Å². The molecule has 0 spiro atoms. The number of furan rings is 1. The van der Waals surface area contributed by atoms with E-state index in [-0.39, 0.29) is 4.90 Å². The van der Waals surface area contributed by atoms with Crippen molar-refractivity contribution >= 4 is 28.9 Å². The van der Waals surface area contributed by atoms with E-state index in [9.17, 15) is 8.42 Å². The van der Waals surface area contributed by atoms with Crippen LogP contribution in [0.1, 0.15) is 40.4 Å². The Labute approximate surface area is 198 Å². The molecule has 1 atom stereocenters. The summed E-state index contributed by atoms with van der Waals surface area (Å²) in [4.78, 5) is 2.40. The van der Waals surface area contributed by atoms with Gasteiger partial charge in [0.15, 0.2) is 5.75 Å². The Morgan fingerprint density at radius 1 is 0.970 bits per heavy atom. The van der Waals surface area contributed by atoms with Crippen LogP contribution >= 0.6 is 7.64 Å². The first-order valence-electron chi connectivity index (χ1n) is 11.1. The Morgan fingerprint density at radius 3 is 2.18 bits per heavy atom. The maximum Gasteiger partial charge on any atom is 0.348 e. The molecular formula is C25H34N2O4PS+. The topological polar surface area (TPSA) is 71.8 Å². The van der Waals surface area contributed by atoms with Gasteiger partial charge in [0.1, 0.15) is 10.9 Å². The quantitative estimate of drug-likeness (QED) is 0.387. The van der Waals surface area contributed by atoms with Gasteiger partial charge in [0.25, 0.3) is 10.0 Å². The molecule has 1 unspecified atom stereocenters. The van der Waals surface area contributed by atoms with Crippen molar-refractivity contribution in [1.29, 1.82) is 0 Å². The fraction of sp³-hybridized carbons (Fsp3) is 0.360. The van der Waals surface area contributed by atoms with Crippen LogP contribution in [0, 0.1) is 6.92 Å². The maximum atomic E-state index is 13.5. The SMILES string of the molecule is CCN(CC)c1cccc(O[P+](NS(=O)(=O)c2ccccc2)(c2ccc(C)o2)C(C)(C)C)c1. The third-order valence-corrected chi connectivity index (χ3v) is 11.6. The molecule has 33 heavy (non-hydrogen) atoms. The maximum absolute atomic E-state index is 13.5. The largest absolute Gasteiger partial charge is 0.428 e. The van der Waals surface area contributed by atoms with E-state index in [2.05, 4.69) is 23.2 Å². The number of anilines is 1. The number of hydrogen-bond acceptors (Lipinski definition) is 5. The van der Waals surface area contributed by atoms with E-state index in [0.717, 1.165) is 18.8 Å². The van der Waals surface area contributed by atoms with Gasteiger partial charge in [-0.25, -0.2) is 8.42 Å². The van der Waals surface area contributed by atoms with E-state index in [1.807, 2.05) is 64.1 Å². The Hall–Kier alpha value is -2.34. The number of nitrogens with one attached hydrogen (secondary N) is 1. The first kappa shape index (κ1) is 25.3. The molecule has 0 amide bonds. The van der Waals surface area contributed by atoms with Gasteiger partial charge in [-0.05, 0) is 76.4 Å². The van der Waals surface area contributed by atoms with Crippen molar-refractivity contribution in [3.8, 4) is 5.75 Å². The zero-order valence-corrected chi connectivity index (χ0v) is 21.9. The number of benzene rings is 2. The smallest absolute Gasteiger partial charge is 0.348 e. The van der Waals surface area contributed by atoms with E-state index in [4.69, 9.17) is 8.94 Å². The number of nitrogens with zero attached hydrogens (tertiary/aromatic N) is 1. The summed E-state index contributed by atoms with van der Waals surface area (Å²) in [6, 6.07) is 19.8. The van der Waals surface area contributed by atoms with Gasteiger partial charge in [0.05, 0.1) is 4.90 Å². The molecule has 8 heteroatoms. The van der Waals surface area contributed by atoms with E-state index in [0.29, 0.717) is 17.0 Å². The lowest BCUT2D eigenvalue weighted by Gasteiger charge is -2.33. The van der Waals surface area contributed by atoms with Crippen LogP contribution < -0.4 is 19.4 Å². The van der Waals surface area contributed by atoms with Crippen molar-refractivity contribution in [2.75, 3.05) is 18.0 Å². The van der Waals surface area contributed by atoms with Gasteiger partial charge in [0.2, 0.25) is 0 Å². The van der Waals surface area contributed by atoms with Crippen molar-refractivity contribution in [1.82, 2.24) is 4.49 Å². The van der Waals surface area contributed by atoms with Crippen LogP contribution in [0.4, 0.5) is 5.69 Å². The molecular weight excluding hydrogens is 455 g/mol. The van der Waals surface area contributed by atoms with Crippen LogP contribution in [0.3, 0.4) is 0 Å². The van der Waals surface area contributed by atoms with Gasteiger partial charge in [-0.3, -0.25) is 0 Å². The molecule has 0 radical (unpaired) electrons. The third kappa shape index (κ3) is 5.43. The molecule has 0 saturated carbocycles. The number of aryl methyl sites for hydroxylation is 1. The summed E-state index contributed by atoms with van der Waals surface area (Å²) in [5, 5.41) is -0.607. The van der Waals surface area contributed by atoms with Crippen LogP contribution in [-0.4, -0.2) is 26.7 Å². The minimum absolute atomic E-state index is 0.183. The molecule has 178 valence electrons. The lowest BCUT2D eigenvalue weighted by molar-refractivity contribution is 0.512. The highest BCUT2D eigenvalue weighted by molar-refractivity contribution is 7.99. The first-order valence-corrected chi connectivity index (χ1v) is 14.3. The van der Waals surface area contributed by atoms with Gasteiger partial charge in [-0.15, -0.1) is 0 Å². The lowest BCUT2D eigenvalue weighted by atomic mass is 10.2. The van der Waals surface area contributed by atoms with Crippen LogP contribution in [0.5, 0.6) is 5.75 Å². The Morgan fingerprint density at radius 2 is 1.64 bits per heavy atom. The molecule has 0 bridgehead atoms. The van der Waals surface area contributed by atoms with Crippen LogP contribution in [0.25, 0.3) is 0 Å². The van der Waals surface area contributed by atoms with E-state index in [1.165, 1.54) is 0 Å². The second-order valence-electron chi connectivity index (χ2n) is 8.83. The Kier molecular flexibility index (Phi) is 7.57. The average molecular weight is 490 g/mol. The van der Waals surface area contributed by atoms with Gasteiger partial charge in [-0.2, -0.15) is 0 Å². The Balaban J connectivity index is 2.16. The fourth-order valence-corrected chi connectivity index (χ4v) is 9.52. The highest BCUT2D eigenvalue weighted by Gasteiger charge is 2.62. The Bertz CT molecular complexity index is 1170. The molecule has 0 aliphatic carbocycles. The molecule has 1 heterocycles. The second kappa shape index (κ2) is 9.88. The predicted molar refractivity (Wildman–Crippen MR) is 137 cm³/mol. The van der Waals surface area contributed by atoms with Crippen molar-refractivity contribution in [3.05, 3.63) is 72.5 Å². The summed E-state index contributed by atoms with van der Waals surface area (Å²) in [5.41, 5.74) is 1.52. The van der Waals surface area contributed by atoms with Crippen molar-refractivity contribution < 1.29 is 17.4 Å². The number of sulfonamides is 1. The molecule has 3 aromatic rings. The minimum atomic E-state index is -3.89. The van der Waals surface area contributed by atoms with Gasteiger partial charge < -0.3 is 13.8 Å².